The Balaban J connectivity index is 4.32. The van der Waals surface area contributed by atoms with Gasteiger partial charge in [0.05, 0.1) is 0 Å². The van der Waals surface area contributed by atoms with Crippen molar-refractivity contribution in [3.8, 4) is 0 Å². The summed E-state index contributed by atoms with van der Waals surface area (Å²) in [6.45, 7) is 5.49. The first-order valence-corrected chi connectivity index (χ1v) is 5.31. The third kappa shape index (κ3) is 4.97. The van der Waals surface area contributed by atoms with Crippen molar-refractivity contribution in [1.82, 2.24) is 10.2 Å². The summed E-state index contributed by atoms with van der Waals surface area (Å²) >= 11 is 0. The van der Waals surface area contributed by atoms with Gasteiger partial charge in [-0.1, -0.05) is 0 Å². The molecule has 0 aromatic rings. The van der Waals surface area contributed by atoms with Crippen LogP contribution in [0.25, 0.3) is 0 Å². The van der Waals surface area contributed by atoms with Crippen molar-refractivity contribution in [3.63, 3.8) is 0 Å². The molecule has 0 aliphatic rings. The van der Waals surface area contributed by atoms with Crippen LogP contribution in [0.4, 0.5) is 4.79 Å². The molecule has 2 amide bonds. The van der Waals surface area contributed by atoms with E-state index in [4.69, 9.17) is 10.2 Å². The number of urea groups is 1. The van der Waals surface area contributed by atoms with E-state index in [0.29, 0.717) is 13.0 Å². The highest BCUT2D eigenvalue weighted by molar-refractivity contribution is 5.82. The number of aliphatic carboxylic acids is 1. The van der Waals surface area contributed by atoms with E-state index in [9.17, 15) is 9.59 Å². The second-order valence-electron chi connectivity index (χ2n) is 3.87. The molecule has 0 fully saturated rings. The van der Waals surface area contributed by atoms with Gasteiger partial charge in [-0.15, -0.1) is 0 Å². The van der Waals surface area contributed by atoms with Crippen molar-refractivity contribution in [1.29, 1.82) is 0 Å². The van der Waals surface area contributed by atoms with E-state index < -0.39 is 18.0 Å². The van der Waals surface area contributed by atoms with E-state index in [1.54, 1.807) is 0 Å². The van der Waals surface area contributed by atoms with Gasteiger partial charge in [0.25, 0.3) is 0 Å². The number of nitrogens with zero attached hydrogens (tertiary/aromatic N) is 1. The van der Waals surface area contributed by atoms with Crippen LogP contribution in [0.5, 0.6) is 0 Å². The Labute approximate surface area is 95.2 Å². The lowest BCUT2D eigenvalue weighted by Gasteiger charge is -2.27. The number of amides is 2. The third-order valence-electron chi connectivity index (χ3n) is 2.15. The first-order chi connectivity index (χ1) is 7.40. The van der Waals surface area contributed by atoms with Crippen molar-refractivity contribution in [2.75, 3.05) is 13.2 Å². The summed E-state index contributed by atoms with van der Waals surface area (Å²) in [5.41, 5.74) is 0. The molecule has 0 bridgehead atoms. The van der Waals surface area contributed by atoms with Crippen molar-refractivity contribution < 1.29 is 19.8 Å². The maximum atomic E-state index is 11.7. The van der Waals surface area contributed by atoms with Crippen LogP contribution in [-0.4, -0.2) is 52.3 Å². The summed E-state index contributed by atoms with van der Waals surface area (Å²) in [6.07, 6.45) is 0.479. The zero-order valence-corrected chi connectivity index (χ0v) is 9.93. The number of nitrogens with one attached hydrogen (secondary N) is 1. The van der Waals surface area contributed by atoms with Gasteiger partial charge in [0.1, 0.15) is 6.04 Å². The average molecular weight is 232 g/mol. The number of rotatable bonds is 6. The van der Waals surface area contributed by atoms with E-state index in [2.05, 4.69) is 5.32 Å². The minimum Gasteiger partial charge on any atom is -0.480 e. The molecule has 6 nitrogen and oxygen atoms in total. The summed E-state index contributed by atoms with van der Waals surface area (Å²) in [5.74, 6) is -1.07. The van der Waals surface area contributed by atoms with Crippen LogP contribution in [0.3, 0.4) is 0 Å². The molecule has 0 saturated carbocycles. The van der Waals surface area contributed by atoms with E-state index in [-0.39, 0.29) is 12.6 Å². The van der Waals surface area contributed by atoms with Gasteiger partial charge in [0, 0.05) is 19.2 Å². The maximum Gasteiger partial charge on any atom is 0.325 e. The van der Waals surface area contributed by atoms with Crippen LogP contribution in [0.2, 0.25) is 0 Å². The van der Waals surface area contributed by atoms with Gasteiger partial charge in [-0.25, -0.2) is 4.79 Å². The number of hydrogen-bond donors (Lipinski definition) is 3. The molecule has 94 valence electrons. The fraction of sp³-hybridized carbons (Fsp3) is 0.800. The number of hydrogen-bond acceptors (Lipinski definition) is 3. The predicted molar refractivity (Wildman–Crippen MR) is 59.2 cm³/mol. The van der Waals surface area contributed by atoms with E-state index in [0.717, 1.165) is 0 Å². The smallest absolute Gasteiger partial charge is 0.325 e. The molecule has 0 aromatic heterocycles. The third-order valence-corrected chi connectivity index (χ3v) is 2.15. The van der Waals surface area contributed by atoms with Gasteiger partial charge in [-0.05, 0) is 27.2 Å². The molecule has 0 heterocycles. The molecule has 1 atom stereocenters. The number of aliphatic hydroxyl groups excluding tert-OH is 1. The first kappa shape index (κ1) is 14.7. The SMILES string of the molecule is CC(NC(=O)N(CCCO)C(C)C)C(=O)O. The maximum absolute atomic E-state index is 11.7. The molecule has 3 N–H and O–H groups in total. The summed E-state index contributed by atoms with van der Waals surface area (Å²) in [5, 5.41) is 19.7. The Morgan fingerprint density at radius 3 is 2.25 bits per heavy atom. The van der Waals surface area contributed by atoms with Crippen LogP contribution in [0, 0.1) is 0 Å². The average Bonchev–Trinajstić information content (AvgIpc) is 2.17. The van der Waals surface area contributed by atoms with Gasteiger partial charge in [0.15, 0.2) is 0 Å². The molecule has 0 saturated heterocycles. The second kappa shape index (κ2) is 7.05. The van der Waals surface area contributed by atoms with Crippen LogP contribution in [0.1, 0.15) is 27.2 Å². The Hall–Kier alpha value is -1.30. The number of aliphatic hydroxyl groups is 1. The Kier molecular flexibility index (Phi) is 6.48. The molecule has 0 aromatic carbocycles. The van der Waals surface area contributed by atoms with Gasteiger partial charge in [-0.2, -0.15) is 0 Å². The van der Waals surface area contributed by atoms with Gasteiger partial charge >= 0.3 is 12.0 Å². The Morgan fingerprint density at radius 1 is 1.31 bits per heavy atom. The minimum absolute atomic E-state index is 0.00494. The fourth-order valence-electron chi connectivity index (χ4n) is 1.17. The van der Waals surface area contributed by atoms with Crippen molar-refractivity contribution >= 4 is 12.0 Å². The lowest BCUT2D eigenvalue weighted by molar-refractivity contribution is -0.138. The number of carboxylic acids is 1. The topological polar surface area (TPSA) is 89.9 Å². The van der Waals surface area contributed by atoms with Crippen LogP contribution >= 0.6 is 0 Å². The largest absolute Gasteiger partial charge is 0.480 e. The van der Waals surface area contributed by atoms with E-state index in [1.807, 2.05) is 13.8 Å². The number of carboxylic acid groups (broad SMARTS) is 1. The number of carbonyl (C=O) groups is 2. The summed E-state index contributed by atoms with van der Waals surface area (Å²) in [4.78, 5) is 23.7. The molecule has 0 radical (unpaired) electrons. The number of carbonyl (C=O) groups excluding carboxylic acids is 1. The normalized spacial score (nSPS) is 12.3. The Bertz CT molecular complexity index is 243. The highest BCUT2D eigenvalue weighted by Crippen LogP contribution is 2.01. The minimum atomic E-state index is -1.07. The monoisotopic (exact) mass is 232 g/mol. The summed E-state index contributed by atoms with van der Waals surface area (Å²) in [7, 11) is 0. The summed E-state index contributed by atoms with van der Waals surface area (Å²) in [6, 6.07) is -1.37. The molecule has 0 rings (SSSR count). The van der Waals surface area contributed by atoms with Crippen molar-refractivity contribution in [2.24, 2.45) is 0 Å². The van der Waals surface area contributed by atoms with Crippen molar-refractivity contribution in [2.45, 2.75) is 39.3 Å². The molecule has 6 heteroatoms. The zero-order valence-electron chi connectivity index (χ0n) is 9.93. The standard InChI is InChI=1S/C10H20N2O4/c1-7(2)12(5-4-6-13)10(16)11-8(3)9(14)15/h7-8,13H,4-6H2,1-3H3,(H,11,16)(H,14,15). The molecular weight excluding hydrogens is 212 g/mol. The second-order valence-corrected chi connectivity index (χ2v) is 3.87. The lowest BCUT2D eigenvalue weighted by atomic mass is 10.3. The van der Waals surface area contributed by atoms with Gasteiger partial charge in [0.2, 0.25) is 0 Å². The van der Waals surface area contributed by atoms with Crippen LogP contribution in [0.15, 0.2) is 0 Å². The predicted octanol–water partition coefficient (Wildman–Crippen LogP) is 0.262. The molecule has 0 spiro atoms. The van der Waals surface area contributed by atoms with Crippen LogP contribution in [-0.2, 0) is 4.79 Å². The molecule has 0 aliphatic heterocycles. The quantitative estimate of drug-likeness (QED) is 0.613. The van der Waals surface area contributed by atoms with Crippen LogP contribution < -0.4 is 5.32 Å². The highest BCUT2D eigenvalue weighted by Gasteiger charge is 2.20. The summed E-state index contributed by atoms with van der Waals surface area (Å²) < 4.78 is 0. The first-order valence-electron chi connectivity index (χ1n) is 5.31. The molecule has 1 unspecified atom stereocenters. The fourth-order valence-corrected chi connectivity index (χ4v) is 1.17. The van der Waals surface area contributed by atoms with E-state index in [1.165, 1.54) is 11.8 Å². The molecule has 0 aliphatic carbocycles. The highest BCUT2D eigenvalue weighted by atomic mass is 16.4. The lowest BCUT2D eigenvalue weighted by Crippen LogP contribution is -2.49. The van der Waals surface area contributed by atoms with Crippen molar-refractivity contribution in [3.05, 3.63) is 0 Å². The van der Waals surface area contributed by atoms with Gasteiger partial charge in [-0.3, -0.25) is 4.79 Å². The van der Waals surface area contributed by atoms with E-state index >= 15 is 0 Å². The van der Waals surface area contributed by atoms with Gasteiger partial charge < -0.3 is 20.4 Å². The zero-order chi connectivity index (χ0) is 12.7. The Morgan fingerprint density at radius 2 is 1.88 bits per heavy atom. The molecule has 16 heavy (non-hydrogen) atoms. The molecular formula is C10H20N2O4.